The number of hydrogen-bond donors (Lipinski definition) is 1. The van der Waals surface area contributed by atoms with E-state index < -0.39 is 30.3 Å². The van der Waals surface area contributed by atoms with E-state index >= 15 is 0 Å². The van der Waals surface area contributed by atoms with E-state index in [1.54, 1.807) is 36.4 Å². The Morgan fingerprint density at radius 3 is 2.14 bits per heavy atom. The van der Waals surface area contributed by atoms with Crippen molar-refractivity contribution >= 4 is 40.8 Å². The highest BCUT2D eigenvalue weighted by atomic mass is 32.1. The second kappa shape index (κ2) is 10.8. The first kappa shape index (κ1) is 24.0. The molecule has 35 heavy (non-hydrogen) atoms. The van der Waals surface area contributed by atoms with Crippen LogP contribution in [0.3, 0.4) is 0 Å². The van der Waals surface area contributed by atoms with Crippen LogP contribution in [0.2, 0.25) is 0 Å². The summed E-state index contributed by atoms with van der Waals surface area (Å²) >= 11 is 1.50. The molecule has 0 radical (unpaired) electrons. The van der Waals surface area contributed by atoms with Gasteiger partial charge in [-0.2, -0.15) is 0 Å². The van der Waals surface area contributed by atoms with E-state index in [1.165, 1.54) is 11.3 Å². The van der Waals surface area contributed by atoms with E-state index in [-0.39, 0.29) is 6.54 Å². The normalized spacial score (nSPS) is 13.3. The Kier molecular flexibility index (Phi) is 7.41. The molecule has 2 aromatic carbocycles. The highest BCUT2D eigenvalue weighted by molar-refractivity contribution is 7.09. The number of nitrogens with zero attached hydrogens (tertiary/aromatic N) is 2. The SMILES string of the molecule is CCOc1ccc(Oc2ccc(NC(=O)CN3C(=O)C(=O)N(CCc4cccs4)C3=O)cc2)cc1. The Bertz CT molecular complexity index is 1210. The third kappa shape index (κ3) is 5.85. The van der Waals surface area contributed by atoms with Gasteiger partial charge in [0.15, 0.2) is 0 Å². The number of amides is 5. The van der Waals surface area contributed by atoms with Crippen LogP contribution in [-0.2, 0) is 20.8 Å². The lowest BCUT2D eigenvalue weighted by molar-refractivity contribution is -0.143. The van der Waals surface area contributed by atoms with Gasteiger partial charge >= 0.3 is 17.8 Å². The third-order valence-electron chi connectivity index (χ3n) is 5.11. The fourth-order valence-corrected chi connectivity index (χ4v) is 4.12. The average molecular weight is 494 g/mol. The Hall–Kier alpha value is -4.18. The minimum Gasteiger partial charge on any atom is -0.494 e. The molecule has 0 aliphatic carbocycles. The number of thiophene rings is 1. The molecule has 180 valence electrons. The average Bonchev–Trinajstić information content (AvgIpc) is 3.44. The Balaban J connectivity index is 1.30. The van der Waals surface area contributed by atoms with Crippen molar-refractivity contribution in [3.8, 4) is 17.2 Å². The van der Waals surface area contributed by atoms with Crippen LogP contribution in [0.1, 0.15) is 11.8 Å². The molecule has 5 amide bonds. The second-order valence-electron chi connectivity index (χ2n) is 7.54. The Labute approximate surface area is 205 Å². The number of rotatable bonds is 10. The Morgan fingerprint density at radius 1 is 0.886 bits per heavy atom. The maximum Gasteiger partial charge on any atom is 0.334 e. The minimum atomic E-state index is -1.00. The smallest absolute Gasteiger partial charge is 0.334 e. The Morgan fingerprint density at radius 2 is 1.51 bits per heavy atom. The lowest BCUT2D eigenvalue weighted by atomic mass is 10.3. The second-order valence-corrected chi connectivity index (χ2v) is 8.57. The minimum absolute atomic E-state index is 0.0812. The van der Waals surface area contributed by atoms with E-state index in [1.807, 2.05) is 36.6 Å². The molecule has 1 N–H and O–H groups in total. The largest absolute Gasteiger partial charge is 0.494 e. The molecule has 0 unspecified atom stereocenters. The highest BCUT2D eigenvalue weighted by Gasteiger charge is 2.44. The molecule has 0 bridgehead atoms. The first-order valence-corrected chi connectivity index (χ1v) is 11.8. The van der Waals surface area contributed by atoms with Gasteiger partial charge in [0.1, 0.15) is 23.8 Å². The lowest BCUT2D eigenvalue weighted by Gasteiger charge is -2.15. The molecular weight excluding hydrogens is 470 g/mol. The number of anilines is 1. The zero-order valence-corrected chi connectivity index (χ0v) is 19.7. The van der Waals surface area contributed by atoms with Crippen LogP contribution in [0.15, 0.2) is 66.0 Å². The number of imide groups is 2. The van der Waals surface area contributed by atoms with Crippen LogP contribution in [0.5, 0.6) is 17.2 Å². The highest BCUT2D eigenvalue weighted by Crippen LogP contribution is 2.25. The number of urea groups is 1. The van der Waals surface area contributed by atoms with E-state index in [9.17, 15) is 19.2 Å². The molecule has 0 saturated carbocycles. The molecule has 1 saturated heterocycles. The maximum atomic E-state index is 12.6. The van der Waals surface area contributed by atoms with Crippen LogP contribution in [0, 0.1) is 0 Å². The van der Waals surface area contributed by atoms with Crippen molar-refractivity contribution in [1.82, 2.24) is 9.80 Å². The van der Waals surface area contributed by atoms with Gasteiger partial charge in [0.2, 0.25) is 5.91 Å². The quantitative estimate of drug-likeness (QED) is 0.339. The molecule has 9 nitrogen and oxygen atoms in total. The standard InChI is InChI=1S/C25H23N3O6S/c1-2-33-18-9-11-20(12-10-18)34-19-7-5-17(6-8-19)26-22(29)16-28-24(31)23(30)27(25(28)32)14-13-21-4-3-15-35-21/h3-12,15H,2,13-14,16H2,1H3,(H,26,29). The lowest BCUT2D eigenvalue weighted by Crippen LogP contribution is -2.39. The van der Waals surface area contributed by atoms with Crippen molar-refractivity contribution in [3.05, 3.63) is 70.9 Å². The summed E-state index contributed by atoms with van der Waals surface area (Å²) in [6.07, 6.45) is 0.452. The van der Waals surface area contributed by atoms with Crippen molar-refractivity contribution in [3.63, 3.8) is 0 Å². The van der Waals surface area contributed by atoms with Gasteiger partial charge in [-0.15, -0.1) is 11.3 Å². The van der Waals surface area contributed by atoms with Crippen LogP contribution >= 0.6 is 11.3 Å². The van der Waals surface area contributed by atoms with E-state index in [2.05, 4.69) is 5.32 Å². The summed E-state index contributed by atoms with van der Waals surface area (Å²) in [5.74, 6) is -0.584. The fourth-order valence-electron chi connectivity index (χ4n) is 3.42. The molecule has 10 heteroatoms. The third-order valence-corrected chi connectivity index (χ3v) is 6.04. The van der Waals surface area contributed by atoms with Crippen LogP contribution < -0.4 is 14.8 Å². The summed E-state index contributed by atoms with van der Waals surface area (Å²) in [6.45, 7) is 2.02. The number of ether oxygens (including phenoxy) is 2. The van der Waals surface area contributed by atoms with E-state index in [0.717, 1.165) is 15.5 Å². The summed E-state index contributed by atoms with van der Waals surface area (Å²) in [4.78, 5) is 52.0. The van der Waals surface area contributed by atoms with Crippen molar-refractivity contribution in [1.29, 1.82) is 0 Å². The first-order valence-electron chi connectivity index (χ1n) is 10.9. The number of benzene rings is 2. The number of hydrogen-bond acceptors (Lipinski definition) is 7. The van der Waals surface area contributed by atoms with Gasteiger partial charge in [0, 0.05) is 23.5 Å². The zero-order valence-electron chi connectivity index (χ0n) is 18.9. The zero-order chi connectivity index (χ0) is 24.8. The number of carbonyl (C=O) groups excluding carboxylic acids is 4. The summed E-state index contributed by atoms with van der Waals surface area (Å²) in [5.41, 5.74) is 0.453. The van der Waals surface area contributed by atoms with E-state index in [0.29, 0.717) is 35.1 Å². The maximum absolute atomic E-state index is 12.6. The van der Waals surface area contributed by atoms with Crippen LogP contribution in [0.4, 0.5) is 10.5 Å². The van der Waals surface area contributed by atoms with Crippen molar-refractivity contribution < 1.29 is 28.7 Å². The van der Waals surface area contributed by atoms with Gasteiger partial charge in [-0.3, -0.25) is 19.3 Å². The van der Waals surface area contributed by atoms with Crippen molar-refractivity contribution in [2.75, 3.05) is 25.0 Å². The number of nitrogens with one attached hydrogen (secondary N) is 1. The molecular formula is C25H23N3O6S. The number of carbonyl (C=O) groups is 4. The molecule has 1 aliphatic rings. The van der Waals surface area contributed by atoms with Crippen molar-refractivity contribution in [2.45, 2.75) is 13.3 Å². The molecule has 2 heterocycles. The molecule has 0 spiro atoms. The summed E-state index contributed by atoms with van der Waals surface area (Å²) < 4.78 is 11.2. The van der Waals surface area contributed by atoms with E-state index in [4.69, 9.17) is 9.47 Å². The predicted octanol–water partition coefficient (Wildman–Crippen LogP) is 3.91. The van der Waals surface area contributed by atoms with Gasteiger partial charge in [-0.1, -0.05) is 6.07 Å². The summed E-state index contributed by atoms with van der Waals surface area (Å²) in [7, 11) is 0. The van der Waals surface area contributed by atoms with Gasteiger partial charge in [-0.05, 0) is 66.9 Å². The summed E-state index contributed by atoms with van der Waals surface area (Å²) in [5, 5.41) is 4.51. The van der Waals surface area contributed by atoms with Gasteiger partial charge < -0.3 is 14.8 Å². The molecule has 0 atom stereocenters. The fraction of sp³-hybridized carbons (Fsp3) is 0.200. The predicted molar refractivity (Wildman–Crippen MR) is 130 cm³/mol. The summed E-state index contributed by atoms with van der Waals surface area (Å²) in [6, 6.07) is 16.8. The van der Waals surface area contributed by atoms with Crippen LogP contribution in [-0.4, -0.2) is 53.2 Å². The van der Waals surface area contributed by atoms with Gasteiger partial charge in [0.05, 0.1) is 6.61 Å². The molecule has 1 aromatic heterocycles. The van der Waals surface area contributed by atoms with Gasteiger partial charge in [0.25, 0.3) is 0 Å². The first-order chi connectivity index (χ1) is 16.9. The monoisotopic (exact) mass is 493 g/mol. The molecule has 3 aromatic rings. The molecule has 1 fully saturated rings. The molecule has 1 aliphatic heterocycles. The van der Waals surface area contributed by atoms with Crippen molar-refractivity contribution in [2.24, 2.45) is 0 Å². The van der Waals surface area contributed by atoms with Crippen LogP contribution in [0.25, 0.3) is 0 Å². The topological polar surface area (TPSA) is 105 Å². The van der Waals surface area contributed by atoms with Gasteiger partial charge in [-0.25, -0.2) is 9.69 Å². The molecule has 4 rings (SSSR count).